The Kier molecular flexibility index (Phi) is 3.19. The average Bonchev–Trinajstić information content (AvgIpc) is 2.55. The predicted molar refractivity (Wildman–Crippen MR) is 63.0 cm³/mol. The maximum absolute atomic E-state index is 8.77. The number of halogens is 2. The fourth-order valence-electron chi connectivity index (χ4n) is 1.29. The molecule has 0 unspecified atom stereocenters. The first-order valence-electron chi connectivity index (χ1n) is 3.90. The van der Waals surface area contributed by atoms with Crippen molar-refractivity contribution in [1.29, 1.82) is 0 Å². The second-order valence-electron chi connectivity index (χ2n) is 2.78. The number of H-pyrrole nitrogens is 1. The van der Waals surface area contributed by atoms with Gasteiger partial charge in [-0.05, 0) is 28.1 Å². The van der Waals surface area contributed by atoms with Crippen LogP contribution in [0.3, 0.4) is 0 Å². The lowest BCUT2D eigenvalue weighted by Gasteiger charge is -2.04. The van der Waals surface area contributed by atoms with E-state index in [0.717, 1.165) is 9.99 Å². The summed E-state index contributed by atoms with van der Waals surface area (Å²) in [5.41, 5.74) is 0.773. The van der Waals surface area contributed by atoms with Crippen LogP contribution in [-0.4, -0.2) is 14.8 Å². The van der Waals surface area contributed by atoms with Gasteiger partial charge in [0.15, 0.2) is 5.75 Å². The molecule has 2 aromatic rings. The molecule has 80 valence electrons. The van der Waals surface area contributed by atoms with Crippen LogP contribution in [0.5, 0.6) is 5.75 Å². The van der Waals surface area contributed by atoms with Crippen LogP contribution in [0.1, 0.15) is 0 Å². The summed E-state index contributed by atoms with van der Waals surface area (Å²) in [5, 5.41) is 1.10. The summed E-state index contributed by atoms with van der Waals surface area (Å²) in [7, 11) is -2.44. The Labute approximate surface area is 100.0 Å². The second-order valence-corrected chi connectivity index (χ2v) is 4.70. The number of benzene rings is 1. The van der Waals surface area contributed by atoms with E-state index in [1.807, 2.05) is 6.07 Å². The topological polar surface area (TPSA) is 65.5 Å². The first-order chi connectivity index (χ1) is 7.09. The summed E-state index contributed by atoms with van der Waals surface area (Å²) in [6.07, 6.45) is 1.53. The van der Waals surface area contributed by atoms with E-state index in [2.05, 4.69) is 20.9 Å². The highest BCUT2D eigenvalue weighted by molar-refractivity contribution is 9.10. The summed E-state index contributed by atoms with van der Waals surface area (Å²) in [4.78, 5) is 20.5. The predicted octanol–water partition coefficient (Wildman–Crippen LogP) is 3.17. The van der Waals surface area contributed by atoms with Crippen LogP contribution in [0.2, 0.25) is 5.02 Å². The third-order valence-electron chi connectivity index (χ3n) is 1.88. The van der Waals surface area contributed by atoms with E-state index in [1.54, 1.807) is 6.07 Å². The highest BCUT2D eigenvalue weighted by Gasteiger charge is 2.13. The average molecular weight is 310 g/mol. The van der Waals surface area contributed by atoms with Gasteiger partial charge in [-0.1, -0.05) is 11.6 Å². The molecule has 0 aliphatic heterocycles. The molecule has 1 heterocycles. The van der Waals surface area contributed by atoms with Crippen molar-refractivity contribution in [2.75, 3.05) is 0 Å². The third kappa shape index (κ3) is 2.12. The molecule has 0 radical (unpaired) electrons. The number of nitrogens with one attached hydrogen (secondary N) is 1. The molecule has 0 fully saturated rings. The minimum absolute atomic E-state index is 0.326. The van der Waals surface area contributed by atoms with E-state index in [4.69, 9.17) is 25.9 Å². The first-order valence-corrected chi connectivity index (χ1v) is 6.24. The normalized spacial score (nSPS) is 11.3. The molecule has 1 aromatic heterocycles. The van der Waals surface area contributed by atoms with Crippen LogP contribution >= 0.6 is 36.1 Å². The van der Waals surface area contributed by atoms with Gasteiger partial charge >= 0.3 is 8.60 Å². The van der Waals surface area contributed by atoms with Gasteiger partial charge in [-0.25, -0.2) is 0 Å². The lowest BCUT2D eigenvalue weighted by atomic mass is 10.2. The van der Waals surface area contributed by atoms with Gasteiger partial charge in [0.05, 0.1) is 15.9 Å². The largest absolute Gasteiger partial charge is 0.425 e. The van der Waals surface area contributed by atoms with Crippen molar-refractivity contribution in [2.45, 2.75) is 0 Å². The molecule has 0 amide bonds. The smallest absolute Gasteiger partial charge is 0.391 e. The Morgan fingerprint density at radius 3 is 2.80 bits per heavy atom. The SMILES string of the molecule is OP(O)Oc1c[nH]c2ccc(Br)c(Cl)c12. The maximum atomic E-state index is 8.77. The summed E-state index contributed by atoms with van der Waals surface area (Å²) in [6, 6.07) is 3.61. The van der Waals surface area contributed by atoms with Crippen LogP contribution in [0, 0.1) is 0 Å². The lowest BCUT2D eigenvalue weighted by Crippen LogP contribution is -1.83. The number of fused-ring (bicyclic) bond motifs is 1. The molecule has 0 saturated carbocycles. The Hall–Kier alpha value is -0.320. The summed E-state index contributed by atoms with van der Waals surface area (Å²) < 4.78 is 5.57. The fraction of sp³-hybridized carbons (Fsp3) is 0. The highest BCUT2D eigenvalue weighted by Crippen LogP contribution is 2.40. The molecule has 15 heavy (non-hydrogen) atoms. The molecule has 0 spiro atoms. The van der Waals surface area contributed by atoms with E-state index >= 15 is 0 Å². The molecule has 0 aliphatic carbocycles. The molecule has 1 aromatic carbocycles. The standard InChI is InChI=1S/C8H6BrClNO3P/c9-4-1-2-5-7(8(4)10)6(3-11-5)14-15(12)13/h1-3,11-13H. The van der Waals surface area contributed by atoms with Crippen LogP contribution in [0.4, 0.5) is 0 Å². The van der Waals surface area contributed by atoms with E-state index < -0.39 is 8.60 Å². The Bertz CT molecular complexity index is 502. The molecule has 2 rings (SSSR count). The van der Waals surface area contributed by atoms with Crippen LogP contribution < -0.4 is 4.52 Å². The van der Waals surface area contributed by atoms with Crippen molar-refractivity contribution in [1.82, 2.24) is 4.98 Å². The van der Waals surface area contributed by atoms with Crippen LogP contribution in [0.15, 0.2) is 22.8 Å². The zero-order valence-corrected chi connectivity index (χ0v) is 10.5. The van der Waals surface area contributed by atoms with Gasteiger partial charge in [0, 0.05) is 10.7 Å². The maximum Gasteiger partial charge on any atom is 0.391 e. The van der Waals surface area contributed by atoms with Gasteiger partial charge in [0.2, 0.25) is 0 Å². The van der Waals surface area contributed by atoms with Gasteiger partial charge in [-0.2, -0.15) is 0 Å². The molecule has 7 heteroatoms. The van der Waals surface area contributed by atoms with Crippen LogP contribution in [0.25, 0.3) is 10.9 Å². The fourth-order valence-corrected chi connectivity index (χ4v) is 2.20. The molecular formula is C8H6BrClNO3P. The summed E-state index contributed by atoms with van der Waals surface area (Å²) in [5.74, 6) is 0.326. The van der Waals surface area contributed by atoms with Crippen molar-refractivity contribution in [3.63, 3.8) is 0 Å². The Morgan fingerprint density at radius 1 is 1.40 bits per heavy atom. The van der Waals surface area contributed by atoms with E-state index in [0.29, 0.717) is 16.2 Å². The minimum Gasteiger partial charge on any atom is -0.425 e. The molecule has 3 N–H and O–H groups in total. The highest BCUT2D eigenvalue weighted by atomic mass is 79.9. The summed E-state index contributed by atoms with van der Waals surface area (Å²) in [6.45, 7) is 0. The quantitative estimate of drug-likeness (QED) is 0.746. The Balaban J connectivity index is 2.61. The van der Waals surface area contributed by atoms with Gasteiger partial charge in [-0.15, -0.1) is 0 Å². The molecule has 0 atom stereocenters. The zero-order valence-electron chi connectivity index (χ0n) is 7.24. The zero-order chi connectivity index (χ0) is 11.0. The monoisotopic (exact) mass is 309 g/mol. The second kappa shape index (κ2) is 4.28. The number of hydrogen-bond donors (Lipinski definition) is 3. The van der Waals surface area contributed by atoms with E-state index in [-0.39, 0.29) is 0 Å². The van der Waals surface area contributed by atoms with Crippen molar-refractivity contribution in [3.8, 4) is 5.75 Å². The molecule has 0 saturated heterocycles. The number of hydrogen-bond acceptors (Lipinski definition) is 3. The first kappa shape index (κ1) is 11.2. The van der Waals surface area contributed by atoms with Gasteiger partial charge < -0.3 is 19.3 Å². The van der Waals surface area contributed by atoms with Crippen molar-refractivity contribution in [3.05, 3.63) is 27.8 Å². The van der Waals surface area contributed by atoms with Crippen molar-refractivity contribution >= 4 is 47.0 Å². The van der Waals surface area contributed by atoms with E-state index in [1.165, 1.54) is 6.20 Å². The minimum atomic E-state index is -2.44. The van der Waals surface area contributed by atoms with Crippen molar-refractivity contribution < 1.29 is 14.3 Å². The van der Waals surface area contributed by atoms with Gasteiger partial charge in [-0.3, -0.25) is 0 Å². The van der Waals surface area contributed by atoms with Gasteiger partial charge in [0.1, 0.15) is 0 Å². The third-order valence-corrected chi connectivity index (χ3v) is 3.52. The van der Waals surface area contributed by atoms with E-state index in [9.17, 15) is 0 Å². The molecule has 4 nitrogen and oxygen atoms in total. The number of rotatable bonds is 2. The molecule has 0 aliphatic rings. The number of aromatic nitrogens is 1. The Morgan fingerprint density at radius 2 is 2.13 bits per heavy atom. The lowest BCUT2D eigenvalue weighted by molar-refractivity contribution is 0.377. The molecule has 0 bridgehead atoms. The van der Waals surface area contributed by atoms with Crippen LogP contribution in [-0.2, 0) is 0 Å². The van der Waals surface area contributed by atoms with Crippen molar-refractivity contribution in [2.24, 2.45) is 0 Å². The summed E-state index contributed by atoms with van der Waals surface area (Å²) >= 11 is 9.33. The number of aromatic amines is 1. The van der Waals surface area contributed by atoms with Gasteiger partial charge in [0.25, 0.3) is 0 Å². The molecular weight excluding hydrogens is 304 g/mol.